The molecule has 0 spiro atoms. The maximum atomic E-state index is 3.05. The third-order valence-electron chi connectivity index (χ3n) is 20.3. The van der Waals surface area contributed by atoms with Gasteiger partial charge in [0.05, 0.1) is 11.4 Å². The summed E-state index contributed by atoms with van der Waals surface area (Å²) in [6, 6.07) is 49.0. The summed E-state index contributed by atoms with van der Waals surface area (Å²) in [5.41, 5.74) is 30.5. The molecule has 73 heavy (non-hydrogen) atoms. The Morgan fingerprint density at radius 3 is 1.82 bits per heavy atom. The van der Waals surface area contributed by atoms with E-state index in [1.54, 1.807) is 11.1 Å². The third kappa shape index (κ3) is 6.30. The van der Waals surface area contributed by atoms with Gasteiger partial charge in [0, 0.05) is 44.4 Å². The second-order valence-corrected chi connectivity index (χ2v) is 28.0. The van der Waals surface area contributed by atoms with Crippen LogP contribution >= 0.6 is 0 Å². The minimum Gasteiger partial charge on any atom is -0.400 e. The molecule has 0 N–H and O–H groups in total. The molecule has 6 aliphatic rings. The predicted molar refractivity (Wildman–Crippen MR) is 314 cm³/mol. The van der Waals surface area contributed by atoms with Crippen molar-refractivity contribution in [1.82, 2.24) is 0 Å². The maximum absolute atomic E-state index is 3.05. The van der Waals surface area contributed by atoms with Crippen molar-refractivity contribution < 1.29 is 0 Å². The number of rotatable bonds is 3. The van der Waals surface area contributed by atoms with E-state index in [9.17, 15) is 0 Å². The van der Waals surface area contributed by atoms with Gasteiger partial charge >= 0.3 is 6.85 Å². The summed E-state index contributed by atoms with van der Waals surface area (Å²) in [6.07, 6.45) is 7.28. The summed E-state index contributed by atoms with van der Waals surface area (Å²) in [7, 11) is 0. The van der Waals surface area contributed by atoms with Crippen LogP contribution in [-0.4, -0.2) is 12.4 Å². The lowest BCUT2D eigenvalue weighted by Gasteiger charge is -2.55. The van der Waals surface area contributed by atoms with Crippen LogP contribution in [0.25, 0.3) is 44.5 Å². The molecular weight excluding hydrogens is 880 g/mol. The fourth-order valence-electron chi connectivity index (χ4n) is 15.5. The molecule has 3 heterocycles. The van der Waals surface area contributed by atoms with Gasteiger partial charge in [-0.2, -0.15) is 0 Å². The van der Waals surface area contributed by atoms with Crippen LogP contribution in [-0.2, 0) is 32.5 Å². The SMILES string of the molecule is Cc1ccccc1-c1cc2c3c(c1)N(c1ccc(C(C)(C)C)cc1-c1ccccc1)c1c(ccc4c1-c1cc5c(cc1C4(C)C)C(C)(C)CCC5(C)C)B3N1c3c-2cc(C(C)(C)C)cc3C2(C)CCCCC12C. The van der Waals surface area contributed by atoms with Gasteiger partial charge in [0.25, 0.3) is 0 Å². The normalized spacial score (nSPS) is 22.2. The van der Waals surface area contributed by atoms with E-state index in [1.165, 1.54) is 150 Å². The molecule has 0 amide bonds. The highest BCUT2D eigenvalue weighted by Crippen LogP contribution is 2.65. The molecule has 13 rings (SSSR count). The fourth-order valence-corrected chi connectivity index (χ4v) is 15.5. The first-order valence-corrected chi connectivity index (χ1v) is 28.0. The molecule has 1 saturated carbocycles. The van der Waals surface area contributed by atoms with Gasteiger partial charge in [-0.25, -0.2) is 0 Å². The number of fused-ring (bicyclic) bond motifs is 12. The molecule has 3 aliphatic carbocycles. The Hall–Kier alpha value is -5.80. The quantitative estimate of drug-likeness (QED) is 0.163. The predicted octanol–water partition coefficient (Wildman–Crippen LogP) is 17.6. The minimum absolute atomic E-state index is 0.0123. The molecule has 1 fully saturated rings. The summed E-state index contributed by atoms with van der Waals surface area (Å²) in [5, 5.41) is 0. The Bertz CT molecular complexity index is 3520. The Morgan fingerprint density at radius 2 is 1.12 bits per heavy atom. The van der Waals surface area contributed by atoms with Crippen molar-refractivity contribution in [3.63, 3.8) is 0 Å². The average Bonchev–Trinajstić information content (AvgIpc) is 3.70. The van der Waals surface area contributed by atoms with Gasteiger partial charge in [-0.15, -0.1) is 0 Å². The molecule has 3 aliphatic heterocycles. The number of hydrogen-bond donors (Lipinski definition) is 0. The van der Waals surface area contributed by atoms with Gasteiger partial charge in [-0.3, -0.25) is 0 Å². The van der Waals surface area contributed by atoms with Crippen molar-refractivity contribution in [2.45, 2.75) is 180 Å². The molecule has 3 heteroatoms. The lowest BCUT2D eigenvalue weighted by molar-refractivity contribution is 0.199. The highest BCUT2D eigenvalue weighted by molar-refractivity contribution is 6.93. The molecule has 0 aromatic heterocycles. The molecule has 2 nitrogen and oxygen atoms in total. The molecular formula is C70H77BN2. The zero-order valence-electron chi connectivity index (χ0n) is 46.8. The standard InChI is InChI=1S/C70H77BN2/c1-42-23-19-20-26-47(42)44-35-49-50-38-46(65(5,6)7)39-56-62(50)73(70(15)32-22-21-31-69(56,70)14)71-57-29-28-52-60(51-40-54-55(41-53(51)68(52,12)13)67(10,11)34-33-66(54,8)9)63(57)72(59(36-44)61(49)71)58-30-27-45(64(2,3)4)37-48(58)43-24-17-16-18-25-43/h16-20,23-30,35-41H,21-22,31-34H2,1-15H3. The van der Waals surface area contributed by atoms with Crippen molar-refractivity contribution in [1.29, 1.82) is 0 Å². The first kappa shape index (κ1) is 47.0. The van der Waals surface area contributed by atoms with E-state index in [1.807, 2.05) is 0 Å². The molecule has 0 radical (unpaired) electrons. The largest absolute Gasteiger partial charge is 0.400 e. The average molecular weight is 957 g/mol. The van der Waals surface area contributed by atoms with Gasteiger partial charge in [0.2, 0.25) is 0 Å². The van der Waals surface area contributed by atoms with E-state index >= 15 is 0 Å². The molecule has 7 aromatic rings. The zero-order chi connectivity index (χ0) is 51.3. The summed E-state index contributed by atoms with van der Waals surface area (Å²) >= 11 is 0. The van der Waals surface area contributed by atoms with Crippen molar-refractivity contribution in [2.75, 3.05) is 9.71 Å². The molecule has 0 bridgehead atoms. The van der Waals surface area contributed by atoms with E-state index in [0.29, 0.717) is 0 Å². The lowest BCUT2D eigenvalue weighted by atomic mass is 9.41. The topological polar surface area (TPSA) is 6.48 Å². The van der Waals surface area contributed by atoms with Crippen LogP contribution in [0, 0.1) is 6.92 Å². The Balaban J connectivity index is 1.23. The highest BCUT2D eigenvalue weighted by atomic mass is 15.2. The summed E-state index contributed by atoms with van der Waals surface area (Å²) in [6.45, 7) is 37.0. The Labute approximate surface area is 438 Å². The smallest absolute Gasteiger partial charge is 0.328 e. The Morgan fingerprint density at radius 1 is 0.466 bits per heavy atom. The summed E-state index contributed by atoms with van der Waals surface area (Å²) in [4.78, 5) is 5.86. The monoisotopic (exact) mass is 957 g/mol. The number of hydrogen-bond acceptors (Lipinski definition) is 2. The minimum atomic E-state index is -0.206. The molecule has 370 valence electrons. The second kappa shape index (κ2) is 15.0. The fraction of sp³-hybridized carbons (Fsp3) is 0.400. The van der Waals surface area contributed by atoms with Crippen LogP contribution < -0.4 is 20.6 Å². The van der Waals surface area contributed by atoms with Gasteiger partial charge in [0.15, 0.2) is 0 Å². The lowest BCUT2D eigenvalue weighted by Crippen LogP contribution is -2.70. The van der Waals surface area contributed by atoms with Gasteiger partial charge in [-0.05, 0) is 181 Å². The van der Waals surface area contributed by atoms with Crippen molar-refractivity contribution in [3.05, 3.63) is 166 Å². The first-order chi connectivity index (χ1) is 34.4. The van der Waals surface area contributed by atoms with Crippen LogP contribution in [0.3, 0.4) is 0 Å². The first-order valence-electron chi connectivity index (χ1n) is 28.0. The molecule has 0 saturated heterocycles. The highest BCUT2D eigenvalue weighted by Gasteiger charge is 2.63. The maximum Gasteiger partial charge on any atom is 0.328 e. The van der Waals surface area contributed by atoms with Gasteiger partial charge in [0.1, 0.15) is 0 Å². The number of anilines is 4. The number of aryl methyl sites for hydroxylation is 1. The third-order valence-corrected chi connectivity index (χ3v) is 20.3. The molecule has 2 unspecified atom stereocenters. The van der Waals surface area contributed by atoms with Crippen LogP contribution in [0.1, 0.15) is 180 Å². The summed E-state index contributed by atoms with van der Waals surface area (Å²) in [5.74, 6) is 0. The second-order valence-electron chi connectivity index (χ2n) is 28.0. The van der Waals surface area contributed by atoms with E-state index in [0.717, 1.165) is 0 Å². The zero-order valence-corrected chi connectivity index (χ0v) is 46.8. The van der Waals surface area contributed by atoms with E-state index in [-0.39, 0.29) is 44.9 Å². The van der Waals surface area contributed by atoms with Crippen LogP contribution in [0.4, 0.5) is 22.7 Å². The summed E-state index contributed by atoms with van der Waals surface area (Å²) < 4.78 is 0. The van der Waals surface area contributed by atoms with Crippen molar-refractivity contribution in [3.8, 4) is 44.5 Å². The van der Waals surface area contributed by atoms with E-state index in [4.69, 9.17) is 0 Å². The molecule has 7 aromatic carbocycles. The number of benzene rings is 7. The van der Waals surface area contributed by atoms with Gasteiger partial charge in [-0.1, -0.05) is 188 Å². The van der Waals surface area contributed by atoms with Crippen LogP contribution in [0.5, 0.6) is 0 Å². The molecule has 2 atom stereocenters. The van der Waals surface area contributed by atoms with Crippen molar-refractivity contribution in [2.24, 2.45) is 0 Å². The van der Waals surface area contributed by atoms with Crippen molar-refractivity contribution >= 4 is 40.5 Å². The van der Waals surface area contributed by atoms with E-state index in [2.05, 4.69) is 235 Å². The van der Waals surface area contributed by atoms with Gasteiger partial charge < -0.3 is 9.71 Å². The van der Waals surface area contributed by atoms with Crippen LogP contribution in [0.2, 0.25) is 0 Å². The van der Waals surface area contributed by atoms with Crippen LogP contribution in [0.15, 0.2) is 121 Å². The van der Waals surface area contributed by atoms with E-state index < -0.39 is 0 Å². The Kier molecular flexibility index (Phi) is 9.62. The number of nitrogens with zero attached hydrogens (tertiary/aromatic N) is 2.